The van der Waals surface area contributed by atoms with E-state index in [9.17, 15) is 29.7 Å². The molecule has 1 aliphatic heterocycles. The summed E-state index contributed by atoms with van der Waals surface area (Å²) < 4.78 is 11.3. The first-order chi connectivity index (χ1) is 25.8. The molecule has 1 aromatic rings. The van der Waals surface area contributed by atoms with Crippen LogP contribution in [0.15, 0.2) is 30.3 Å². The fourth-order valence-corrected chi connectivity index (χ4v) is 6.93. The van der Waals surface area contributed by atoms with Crippen LogP contribution in [0.1, 0.15) is 161 Å². The number of hydrogen-bond donors (Lipinski definition) is 5. The highest BCUT2D eigenvalue weighted by Crippen LogP contribution is 2.26. The van der Waals surface area contributed by atoms with Gasteiger partial charge in [-0.3, -0.25) is 9.59 Å². The predicted octanol–water partition coefficient (Wildman–Crippen LogP) is 7.29. The summed E-state index contributed by atoms with van der Waals surface area (Å²) in [5.41, 5.74) is 0.796. The van der Waals surface area contributed by atoms with Crippen LogP contribution >= 0.6 is 0 Å². The number of nitrogens with one attached hydrogen (secondary N) is 2. The minimum absolute atomic E-state index is 0.0371. The van der Waals surface area contributed by atoms with E-state index in [2.05, 4.69) is 24.5 Å². The van der Waals surface area contributed by atoms with E-state index in [1.54, 1.807) is 4.90 Å². The Hall–Kier alpha value is -2.73. The minimum Gasteiger partial charge on any atom is -0.445 e. The first-order valence-electron chi connectivity index (χ1n) is 21.0. The summed E-state index contributed by atoms with van der Waals surface area (Å²) in [6, 6.07) is 7.96. The van der Waals surface area contributed by atoms with Gasteiger partial charge in [-0.1, -0.05) is 166 Å². The SMILES string of the molecule is CCCCCCCCCCCCCCN(C(=O)CCCCCCCCCCC)[C@@H]1O[C@H](CO)[C@@H](O)[C@H](O)[C@H]1NC(=O)CNC(=O)OCc1ccccc1. The van der Waals surface area contributed by atoms with Crippen LogP contribution in [0.4, 0.5) is 4.79 Å². The Morgan fingerprint density at radius 3 is 1.75 bits per heavy atom. The molecule has 1 heterocycles. The van der Waals surface area contributed by atoms with E-state index < -0.39 is 55.7 Å². The molecular weight excluding hydrogens is 674 g/mol. The van der Waals surface area contributed by atoms with E-state index in [0.29, 0.717) is 13.0 Å². The molecule has 53 heavy (non-hydrogen) atoms. The summed E-state index contributed by atoms with van der Waals surface area (Å²) in [6.45, 7) is 3.83. The summed E-state index contributed by atoms with van der Waals surface area (Å²) in [4.78, 5) is 40.8. The van der Waals surface area contributed by atoms with Crippen molar-refractivity contribution in [2.45, 2.75) is 192 Å². The average molecular weight is 748 g/mol. The number of hydrogen-bond acceptors (Lipinski definition) is 8. The molecule has 0 unspecified atom stereocenters. The number of alkyl carbamates (subject to hydrolysis) is 1. The van der Waals surface area contributed by atoms with Crippen LogP contribution in [0.5, 0.6) is 0 Å². The maximum atomic E-state index is 13.9. The fourth-order valence-electron chi connectivity index (χ4n) is 6.93. The first kappa shape index (κ1) is 46.4. The normalized spacial score (nSPS) is 19.8. The summed E-state index contributed by atoms with van der Waals surface area (Å²) >= 11 is 0. The zero-order chi connectivity index (χ0) is 38.5. The van der Waals surface area contributed by atoms with Crippen LogP contribution in [0.2, 0.25) is 0 Å². The van der Waals surface area contributed by atoms with Crippen molar-refractivity contribution >= 4 is 17.9 Å². The number of rotatable bonds is 30. The zero-order valence-corrected chi connectivity index (χ0v) is 33.0. The van der Waals surface area contributed by atoms with Crippen LogP contribution < -0.4 is 10.6 Å². The maximum absolute atomic E-state index is 13.9. The second-order valence-corrected chi connectivity index (χ2v) is 14.8. The highest BCUT2D eigenvalue weighted by molar-refractivity contribution is 5.82. The number of carbonyl (C=O) groups excluding carboxylic acids is 3. The van der Waals surface area contributed by atoms with Crippen LogP contribution in [-0.2, 0) is 25.7 Å². The van der Waals surface area contributed by atoms with E-state index >= 15 is 0 Å². The molecule has 0 bridgehead atoms. The van der Waals surface area contributed by atoms with E-state index in [0.717, 1.165) is 56.9 Å². The molecule has 0 aromatic heterocycles. The molecule has 1 fully saturated rings. The van der Waals surface area contributed by atoms with Gasteiger partial charge in [0, 0.05) is 13.0 Å². The van der Waals surface area contributed by atoms with Crippen LogP contribution in [-0.4, -0.2) is 88.4 Å². The maximum Gasteiger partial charge on any atom is 0.407 e. The van der Waals surface area contributed by atoms with Gasteiger partial charge in [0.05, 0.1) is 6.61 Å². The molecule has 1 aromatic carbocycles. The third-order valence-corrected chi connectivity index (χ3v) is 10.2. The van der Waals surface area contributed by atoms with E-state index in [1.165, 1.54) is 83.5 Å². The van der Waals surface area contributed by atoms with Crippen molar-refractivity contribution in [2.75, 3.05) is 19.7 Å². The highest BCUT2D eigenvalue weighted by Gasteiger charge is 2.48. The van der Waals surface area contributed by atoms with Crippen molar-refractivity contribution in [3.8, 4) is 0 Å². The lowest BCUT2D eigenvalue weighted by Crippen LogP contribution is -2.69. The summed E-state index contributed by atoms with van der Waals surface area (Å²) in [5.74, 6) is -0.797. The first-order valence-corrected chi connectivity index (χ1v) is 21.0. The smallest absolute Gasteiger partial charge is 0.407 e. The number of nitrogens with zero attached hydrogens (tertiary/aromatic N) is 1. The zero-order valence-electron chi connectivity index (χ0n) is 33.0. The number of ether oxygens (including phenoxy) is 2. The largest absolute Gasteiger partial charge is 0.445 e. The second kappa shape index (κ2) is 29.6. The third-order valence-electron chi connectivity index (χ3n) is 10.2. The molecular formula is C42H73N3O8. The molecule has 0 saturated carbocycles. The molecule has 5 N–H and O–H groups in total. The monoisotopic (exact) mass is 748 g/mol. The van der Waals surface area contributed by atoms with Crippen LogP contribution in [0.3, 0.4) is 0 Å². The van der Waals surface area contributed by atoms with E-state index in [4.69, 9.17) is 9.47 Å². The predicted molar refractivity (Wildman–Crippen MR) is 209 cm³/mol. The van der Waals surface area contributed by atoms with Crippen molar-refractivity contribution in [3.63, 3.8) is 0 Å². The molecule has 0 radical (unpaired) electrons. The van der Waals surface area contributed by atoms with Crippen LogP contribution in [0.25, 0.3) is 0 Å². The Morgan fingerprint density at radius 2 is 1.23 bits per heavy atom. The molecule has 1 saturated heterocycles. The van der Waals surface area contributed by atoms with Crippen molar-refractivity contribution in [2.24, 2.45) is 0 Å². The molecule has 5 atom stereocenters. The molecule has 11 heteroatoms. The van der Waals surface area contributed by atoms with Gasteiger partial charge in [-0.05, 0) is 18.4 Å². The lowest BCUT2D eigenvalue weighted by Gasteiger charge is -2.47. The summed E-state index contributed by atoms with van der Waals surface area (Å²) in [7, 11) is 0. The van der Waals surface area contributed by atoms with Crippen molar-refractivity contribution in [3.05, 3.63) is 35.9 Å². The Morgan fingerprint density at radius 1 is 0.717 bits per heavy atom. The summed E-state index contributed by atoms with van der Waals surface area (Å²) in [5, 5.41) is 37.0. The number of unbranched alkanes of at least 4 members (excludes halogenated alkanes) is 19. The van der Waals surface area contributed by atoms with Gasteiger partial charge < -0.3 is 40.3 Å². The van der Waals surface area contributed by atoms with Gasteiger partial charge in [-0.15, -0.1) is 0 Å². The number of aliphatic hydroxyl groups is 3. The standard InChI is InChI=1S/C42H73N3O8/c1-3-5-7-9-11-13-14-15-17-19-21-26-30-45(37(48)29-25-20-18-16-12-10-8-6-4-2)41-38(40(50)39(49)35(32-46)53-41)44-36(47)31-43-42(51)52-33-34-27-23-22-24-28-34/h22-24,27-28,35,38-41,46,49-50H,3-21,25-26,29-33H2,1-2H3,(H,43,51)(H,44,47)/t35-,38-,39-,40-,41-/m1/s1. The van der Waals surface area contributed by atoms with Crippen molar-refractivity contribution in [1.29, 1.82) is 0 Å². The Balaban J connectivity index is 1.99. The molecule has 11 nitrogen and oxygen atoms in total. The molecule has 0 aliphatic carbocycles. The quantitative estimate of drug-likeness (QED) is 0.0514. The van der Waals surface area contributed by atoms with Gasteiger partial charge in [0.25, 0.3) is 0 Å². The van der Waals surface area contributed by atoms with Gasteiger partial charge in [0.15, 0.2) is 6.23 Å². The van der Waals surface area contributed by atoms with E-state index in [1.807, 2.05) is 30.3 Å². The third kappa shape index (κ3) is 20.0. The van der Waals surface area contributed by atoms with Gasteiger partial charge in [0.1, 0.15) is 37.5 Å². The number of aliphatic hydroxyl groups excluding tert-OH is 3. The number of amides is 3. The highest BCUT2D eigenvalue weighted by atomic mass is 16.6. The van der Waals surface area contributed by atoms with Gasteiger partial charge >= 0.3 is 6.09 Å². The molecule has 304 valence electrons. The lowest BCUT2D eigenvalue weighted by atomic mass is 9.94. The fraction of sp³-hybridized carbons (Fsp3) is 0.786. The number of benzene rings is 1. The molecule has 2 rings (SSSR count). The average Bonchev–Trinajstić information content (AvgIpc) is 3.17. The van der Waals surface area contributed by atoms with Gasteiger partial charge in [-0.2, -0.15) is 0 Å². The Labute approximate surface area is 320 Å². The molecule has 3 amide bonds. The topological polar surface area (TPSA) is 158 Å². The Bertz CT molecular complexity index is 1090. The van der Waals surface area contributed by atoms with Crippen LogP contribution in [0, 0.1) is 0 Å². The molecule has 0 spiro atoms. The second-order valence-electron chi connectivity index (χ2n) is 14.8. The van der Waals surface area contributed by atoms with E-state index in [-0.39, 0.29) is 12.5 Å². The lowest BCUT2D eigenvalue weighted by molar-refractivity contribution is -0.231. The van der Waals surface area contributed by atoms with Crippen molar-refractivity contribution in [1.82, 2.24) is 15.5 Å². The summed E-state index contributed by atoms with van der Waals surface area (Å²) in [6.07, 6.45) is 18.4. The number of carbonyl (C=O) groups is 3. The minimum atomic E-state index is -1.52. The molecule has 1 aliphatic rings. The Kier molecular flexibility index (Phi) is 25.9. The van der Waals surface area contributed by atoms with Gasteiger partial charge in [-0.25, -0.2) is 4.79 Å². The van der Waals surface area contributed by atoms with Gasteiger partial charge in [0.2, 0.25) is 11.8 Å². The van der Waals surface area contributed by atoms with Crippen molar-refractivity contribution < 1.29 is 39.2 Å².